The Balaban J connectivity index is 1.82. The molecule has 0 radical (unpaired) electrons. The molecule has 0 saturated heterocycles. The van der Waals surface area contributed by atoms with Crippen molar-refractivity contribution in [2.24, 2.45) is 5.10 Å². The average Bonchev–Trinajstić information content (AvgIpc) is 2.87. The second-order valence-electron chi connectivity index (χ2n) is 7.48. The second kappa shape index (κ2) is 11.8. The maximum Gasteiger partial charge on any atom is 0.264 e. The third-order valence-corrected chi connectivity index (χ3v) is 6.72. The highest BCUT2D eigenvalue weighted by Gasteiger charge is 2.27. The number of amides is 2. The first-order valence-corrected chi connectivity index (χ1v) is 12.2. The van der Waals surface area contributed by atoms with Crippen LogP contribution in [0.2, 0.25) is 0 Å². The Morgan fingerprint density at radius 3 is 1.97 bits per heavy atom. The van der Waals surface area contributed by atoms with Gasteiger partial charge in [-0.1, -0.05) is 0 Å². The smallest absolute Gasteiger partial charge is 0.264 e. The van der Waals surface area contributed by atoms with E-state index in [0.29, 0.717) is 17.2 Å². The minimum absolute atomic E-state index is 0.0537. The Morgan fingerprint density at radius 2 is 1.44 bits per heavy atom. The Kier molecular flexibility index (Phi) is 8.63. The van der Waals surface area contributed by atoms with E-state index in [1.807, 2.05) is 0 Å². The van der Waals surface area contributed by atoms with Crippen molar-refractivity contribution in [1.29, 1.82) is 0 Å². The molecule has 3 aromatic rings. The van der Waals surface area contributed by atoms with Crippen LogP contribution in [0.4, 0.5) is 11.4 Å². The van der Waals surface area contributed by atoms with Gasteiger partial charge in [-0.25, -0.2) is 13.8 Å². The van der Waals surface area contributed by atoms with Crippen LogP contribution in [0.25, 0.3) is 0 Å². The molecule has 10 nitrogen and oxygen atoms in total. The van der Waals surface area contributed by atoms with Crippen LogP contribution >= 0.6 is 0 Å². The Bertz CT molecular complexity index is 1320. The van der Waals surface area contributed by atoms with E-state index in [1.54, 1.807) is 43.5 Å². The molecule has 0 bridgehead atoms. The lowest BCUT2D eigenvalue weighted by molar-refractivity contribution is -0.119. The summed E-state index contributed by atoms with van der Waals surface area (Å²) in [5, 5.41) is 6.50. The zero-order valence-corrected chi connectivity index (χ0v) is 20.8. The summed E-state index contributed by atoms with van der Waals surface area (Å²) in [7, 11) is -1.09. The van der Waals surface area contributed by atoms with Gasteiger partial charge in [-0.2, -0.15) is 5.10 Å². The number of hydrazone groups is 1. The van der Waals surface area contributed by atoms with Gasteiger partial charge in [-0.3, -0.25) is 13.9 Å². The van der Waals surface area contributed by atoms with E-state index in [1.165, 1.54) is 56.6 Å². The molecule has 0 heterocycles. The topological polar surface area (TPSA) is 126 Å². The van der Waals surface area contributed by atoms with Crippen molar-refractivity contribution in [2.45, 2.75) is 11.8 Å². The molecule has 0 fully saturated rings. The van der Waals surface area contributed by atoms with Gasteiger partial charge in [0, 0.05) is 12.6 Å². The number of hydrogen-bond acceptors (Lipinski definition) is 7. The van der Waals surface area contributed by atoms with Crippen molar-refractivity contribution < 1.29 is 27.5 Å². The molecule has 0 saturated carbocycles. The van der Waals surface area contributed by atoms with E-state index < -0.39 is 22.5 Å². The van der Waals surface area contributed by atoms with Gasteiger partial charge in [0.15, 0.2) is 0 Å². The molecule has 0 aliphatic carbocycles. The maximum atomic E-state index is 13.5. The lowest BCUT2D eigenvalue weighted by atomic mass is 10.2. The maximum absolute atomic E-state index is 13.5. The molecule has 0 aromatic heterocycles. The van der Waals surface area contributed by atoms with Crippen molar-refractivity contribution in [3.63, 3.8) is 0 Å². The van der Waals surface area contributed by atoms with E-state index in [2.05, 4.69) is 15.8 Å². The molecule has 0 spiro atoms. The number of methoxy groups -OCH3 is 2. The molecular formula is C25H26N4O6S. The summed E-state index contributed by atoms with van der Waals surface area (Å²) in [5.41, 5.74) is 3.78. The third-order valence-electron chi connectivity index (χ3n) is 4.93. The Labute approximate surface area is 209 Å². The number of hydrogen-bond donors (Lipinski definition) is 2. The predicted molar refractivity (Wildman–Crippen MR) is 137 cm³/mol. The highest BCUT2D eigenvalue weighted by molar-refractivity contribution is 7.92. The first-order chi connectivity index (χ1) is 17.2. The monoisotopic (exact) mass is 510 g/mol. The number of rotatable bonds is 10. The second-order valence-corrected chi connectivity index (χ2v) is 9.34. The van der Waals surface area contributed by atoms with E-state index >= 15 is 0 Å². The number of nitrogens with one attached hydrogen (secondary N) is 2. The van der Waals surface area contributed by atoms with E-state index in [-0.39, 0.29) is 16.5 Å². The van der Waals surface area contributed by atoms with Crippen molar-refractivity contribution in [3.05, 3.63) is 78.4 Å². The number of sulfonamides is 1. The van der Waals surface area contributed by atoms with Crippen LogP contribution < -0.4 is 24.5 Å². The lowest BCUT2D eigenvalue weighted by Crippen LogP contribution is -2.39. The highest BCUT2D eigenvalue weighted by atomic mass is 32.2. The summed E-state index contributed by atoms with van der Waals surface area (Å²) in [6.45, 7) is 0.827. The summed E-state index contributed by atoms with van der Waals surface area (Å²) in [5.74, 6) is 0.289. The van der Waals surface area contributed by atoms with Gasteiger partial charge >= 0.3 is 0 Å². The fourth-order valence-electron chi connectivity index (χ4n) is 3.14. The first kappa shape index (κ1) is 26.2. The summed E-state index contributed by atoms with van der Waals surface area (Å²) < 4.78 is 38.2. The lowest BCUT2D eigenvalue weighted by Gasteiger charge is -2.24. The molecule has 36 heavy (non-hydrogen) atoms. The van der Waals surface area contributed by atoms with Crippen LogP contribution in [0, 0.1) is 0 Å². The van der Waals surface area contributed by atoms with Crippen LogP contribution in [-0.2, 0) is 19.6 Å². The Morgan fingerprint density at radius 1 is 0.889 bits per heavy atom. The molecule has 11 heteroatoms. The van der Waals surface area contributed by atoms with Gasteiger partial charge in [-0.05, 0) is 78.4 Å². The fourth-order valence-corrected chi connectivity index (χ4v) is 4.56. The molecule has 2 amide bonds. The number of ether oxygens (including phenoxy) is 2. The van der Waals surface area contributed by atoms with Gasteiger partial charge in [0.1, 0.15) is 18.0 Å². The van der Waals surface area contributed by atoms with Crippen LogP contribution in [0.5, 0.6) is 11.5 Å². The highest BCUT2D eigenvalue weighted by Crippen LogP contribution is 2.26. The number of carbonyl (C=O) groups excluding carboxylic acids is 2. The van der Waals surface area contributed by atoms with Crippen molar-refractivity contribution in [3.8, 4) is 11.5 Å². The van der Waals surface area contributed by atoms with Crippen LogP contribution in [-0.4, -0.2) is 47.2 Å². The first-order valence-electron chi connectivity index (χ1n) is 10.7. The molecule has 2 N–H and O–H groups in total. The van der Waals surface area contributed by atoms with Gasteiger partial charge in [0.25, 0.3) is 15.9 Å². The molecule has 3 rings (SSSR count). The summed E-state index contributed by atoms with van der Waals surface area (Å²) in [4.78, 5) is 23.9. The number of carbonyl (C=O) groups is 2. The predicted octanol–water partition coefficient (Wildman–Crippen LogP) is 3.01. The van der Waals surface area contributed by atoms with Gasteiger partial charge < -0.3 is 14.8 Å². The minimum Gasteiger partial charge on any atom is -0.497 e. The molecular weight excluding hydrogens is 484 g/mol. The normalized spacial score (nSPS) is 11.1. The number of benzene rings is 3. The fraction of sp³-hybridized carbons (Fsp3) is 0.160. The van der Waals surface area contributed by atoms with Gasteiger partial charge in [-0.15, -0.1) is 0 Å². The zero-order valence-electron chi connectivity index (χ0n) is 20.0. The van der Waals surface area contributed by atoms with Crippen LogP contribution in [0.15, 0.2) is 82.8 Å². The summed E-state index contributed by atoms with van der Waals surface area (Å²) in [6, 6.07) is 18.9. The van der Waals surface area contributed by atoms with E-state index in [9.17, 15) is 18.0 Å². The SMILES string of the molecule is COc1ccc(/C=N\NC(=O)CN(c2ccc(OC)cc2)S(=O)(=O)c2ccc(NC(C)=O)cc2)cc1. The minimum atomic E-state index is -4.15. The third kappa shape index (κ3) is 6.83. The molecule has 3 aromatic carbocycles. The molecule has 0 atom stereocenters. The Hall–Kier alpha value is -4.38. The molecule has 0 aliphatic rings. The average molecular weight is 511 g/mol. The van der Waals surface area contributed by atoms with E-state index in [0.717, 1.165) is 9.87 Å². The van der Waals surface area contributed by atoms with Crippen LogP contribution in [0.3, 0.4) is 0 Å². The van der Waals surface area contributed by atoms with Crippen molar-refractivity contribution >= 4 is 39.4 Å². The summed E-state index contributed by atoms with van der Waals surface area (Å²) >= 11 is 0. The number of anilines is 2. The zero-order chi connectivity index (χ0) is 26.1. The molecule has 0 aliphatic heterocycles. The quantitative estimate of drug-likeness (QED) is 0.319. The van der Waals surface area contributed by atoms with Gasteiger partial charge in [0.2, 0.25) is 5.91 Å². The number of nitrogens with zero attached hydrogens (tertiary/aromatic N) is 2. The standard InChI is InChI=1S/C25H26N4O6S/c1-18(30)27-20-6-14-24(15-7-20)36(32,33)29(21-8-12-23(35-3)13-9-21)17-25(31)28-26-16-19-4-10-22(34-2)11-5-19/h4-16H,17H2,1-3H3,(H,27,30)(H,28,31)/b26-16-. The largest absolute Gasteiger partial charge is 0.497 e. The van der Waals surface area contributed by atoms with Crippen molar-refractivity contribution in [1.82, 2.24) is 5.43 Å². The van der Waals surface area contributed by atoms with Gasteiger partial charge in [0.05, 0.1) is 31.0 Å². The molecule has 0 unspecified atom stereocenters. The van der Waals surface area contributed by atoms with E-state index in [4.69, 9.17) is 9.47 Å². The van der Waals surface area contributed by atoms with Crippen LogP contribution in [0.1, 0.15) is 12.5 Å². The molecule has 188 valence electrons. The summed E-state index contributed by atoms with van der Waals surface area (Å²) in [6.07, 6.45) is 1.43. The van der Waals surface area contributed by atoms with Crippen molar-refractivity contribution in [2.75, 3.05) is 30.4 Å².